The Balaban J connectivity index is 2.16. The number of halogens is 6. The Labute approximate surface area is 176 Å². The summed E-state index contributed by atoms with van der Waals surface area (Å²) in [4.78, 5) is 20.8. The molecule has 0 aliphatic carbocycles. The zero-order valence-corrected chi connectivity index (χ0v) is 16.6. The number of rotatable bonds is 5. The number of aliphatic hydroxyl groups is 1. The number of hydrogen-bond donors (Lipinski definition) is 3. The fourth-order valence-corrected chi connectivity index (χ4v) is 3.07. The van der Waals surface area contributed by atoms with E-state index < -0.39 is 64.7 Å². The zero-order valence-electron chi connectivity index (χ0n) is 16.6. The molecule has 3 rings (SSSR count). The Kier molecular flexibility index (Phi) is 6.05. The number of fused-ring (bicyclic) bond motifs is 1. The molecule has 0 amide bonds. The molecular weight excluding hydrogens is 444 g/mol. The van der Waals surface area contributed by atoms with Crippen LogP contribution in [0.2, 0.25) is 0 Å². The first-order valence-corrected chi connectivity index (χ1v) is 9.17. The molecule has 0 aliphatic heterocycles. The van der Waals surface area contributed by atoms with Crippen LogP contribution in [-0.2, 0) is 0 Å². The Hall–Kier alpha value is -3.35. The number of alkyl halides is 3. The number of hydrogen-bond acceptors (Lipinski definition) is 6. The Morgan fingerprint density at radius 2 is 1.81 bits per heavy atom. The molecular formula is C19H17F6N5O2. The first-order valence-electron chi connectivity index (χ1n) is 9.17. The van der Waals surface area contributed by atoms with Crippen molar-refractivity contribution < 1.29 is 31.4 Å². The van der Waals surface area contributed by atoms with E-state index in [1.807, 2.05) is 0 Å². The SMILES string of the molecule is CC(C)n1c(=O)c(-c2cc(F)c(NCC(O)C(F)(F)F)c(F)c2F)cc2cnc(N)nc21. The van der Waals surface area contributed by atoms with Crippen LogP contribution in [0.25, 0.3) is 22.2 Å². The second kappa shape index (κ2) is 8.30. The van der Waals surface area contributed by atoms with Crippen molar-refractivity contribution in [2.75, 3.05) is 17.6 Å². The van der Waals surface area contributed by atoms with Crippen LogP contribution in [0.3, 0.4) is 0 Å². The highest BCUT2D eigenvalue weighted by Crippen LogP contribution is 2.32. The van der Waals surface area contributed by atoms with Gasteiger partial charge in [0.15, 0.2) is 17.7 Å². The van der Waals surface area contributed by atoms with Crippen LogP contribution in [0.15, 0.2) is 23.1 Å². The smallest absolute Gasteiger partial charge is 0.382 e. The molecule has 1 aromatic carbocycles. The van der Waals surface area contributed by atoms with Gasteiger partial charge in [-0.25, -0.2) is 18.2 Å². The van der Waals surface area contributed by atoms with Crippen LogP contribution in [0, 0.1) is 17.5 Å². The molecule has 0 saturated heterocycles. The molecule has 32 heavy (non-hydrogen) atoms. The molecule has 2 aromatic heterocycles. The minimum absolute atomic E-state index is 0.126. The second-order valence-corrected chi connectivity index (χ2v) is 7.18. The van der Waals surface area contributed by atoms with E-state index in [4.69, 9.17) is 10.8 Å². The molecule has 13 heteroatoms. The van der Waals surface area contributed by atoms with Crippen molar-refractivity contribution in [3.05, 3.63) is 46.1 Å². The van der Waals surface area contributed by atoms with Crippen molar-refractivity contribution in [1.82, 2.24) is 14.5 Å². The number of nitrogen functional groups attached to an aromatic ring is 1. The average molecular weight is 461 g/mol. The minimum Gasteiger partial charge on any atom is -0.382 e. The first kappa shape index (κ1) is 23.3. The van der Waals surface area contributed by atoms with Gasteiger partial charge in [-0.3, -0.25) is 9.36 Å². The summed E-state index contributed by atoms with van der Waals surface area (Å²) in [6.07, 6.45) is -6.73. The van der Waals surface area contributed by atoms with Gasteiger partial charge in [-0.2, -0.15) is 18.2 Å². The van der Waals surface area contributed by atoms with E-state index in [9.17, 15) is 31.1 Å². The van der Waals surface area contributed by atoms with E-state index in [1.165, 1.54) is 6.20 Å². The maximum absolute atomic E-state index is 14.8. The van der Waals surface area contributed by atoms with Gasteiger partial charge in [0, 0.05) is 29.7 Å². The summed E-state index contributed by atoms with van der Waals surface area (Å²) < 4.78 is 82.2. The molecule has 7 nitrogen and oxygen atoms in total. The minimum atomic E-state index is -5.04. The molecule has 172 valence electrons. The maximum atomic E-state index is 14.8. The lowest BCUT2D eigenvalue weighted by Crippen LogP contribution is -2.35. The second-order valence-electron chi connectivity index (χ2n) is 7.18. The zero-order chi connectivity index (χ0) is 24.0. The number of anilines is 2. The number of aromatic nitrogens is 3. The van der Waals surface area contributed by atoms with Gasteiger partial charge in [-0.15, -0.1) is 0 Å². The molecule has 1 unspecified atom stereocenters. The highest BCUT2D eigenvalue weighted by molar-refractivity contribution is 5.82. The summed E-state index contributed by atoms with van der Waals surface area (Å²) in [6, 6.07) is 1.11. The number of nitrogens with two attached hydrogens (primary N) is 1. The lowest BCUT2D eigenvalue weighted by atomic mass is 10.0. The monoisotopic (exact) mass is 461 g/mol. The summed E-state index contributed by atoms with van der Waals surface area (Å²) in [5.41, 5.74) is 2.48. The standard InChI is InChI=1S/C19H17F6N5O2/c1-7(2)30-16-8(5-28-18(26)29-16)3-10(17(30)32)9-4-11(20)15(14(22)13(9)21)27-6-12(31)19(23,24)25/h3-5,7,12,27,31H,6H2,1-2H3,(H2,26,28,29). The van der Waals surface area contributed by atoms with E-state index in [0.29, 0.717) is 6.07 Å². The lowest BCUT2D eigenvalue weighted by molar-refractivity contribution is -0.198. The van der Waals surface area contributed by atoms with Gasteiger partial charge in [0.25, 0.3) is 5.56 Å². The fourth-order valence-electron chi connectivity index (χ4n) is 3.07. The van der Waals surface area contributed by atoms with Crippen LogP contribution in [-0.4, -0.2) is 38.5 Å². The molecule has 2 heterocycles. The van der Waals surface area contributed by atoms with Gasteiger partial charge in [0.2, 0.25) is 5.95 Å². The van der Waals surface area contributed by atoms with Crippen molar-refractivity contribution in [1.29, 1.82) is 0 Å². The largest absolute Gasteiger partial charge is 0.416 e. The first-order chi connectivity index (χ1) is 14.8. The van der Waals surface area contributed by atoms with E-state index >= 15 is 0 Å². The third kappa shape index (κ3) is 4.20. The molecule has 0 aliphatic rings. The summed E-state index contributed by atoms with van der Waals surface area (Å²) in [7, 11) is 0. The number of nitrogens with zero attached hydrogens (tertiary/aromatic N) is 3. The predicted octanol–water partition coefficient (Wildman–Crippen LogP) is 3.37. The van der Waals surface area contributed by atoms with Crippen molar-refractivity contribution in [2.24, 2.45) is 0 Å². The molecule has 1 atom stereocenters. The topological polar surface area (TPSA) is 106 Å². The summed E-state index contributed by atoms with van der Waals surface area (Å²) in [5, 5.41) is 10.9. The van der Waals surface area contributed by atoms with E-state index in [1.54, 1.807) is 19.2 Å². The lowest BCUT2D eigenvalue weighted by Gasteiger charge is -2.18. The van der Waals surface area contributed by atoms with Crippen molar-refractivity contribution in [2.45, 2.75) is 32.2 Å². The Morgan fingerprint density at radius 1 is 1.16 bits per heavy atom. The summed E-state index contributed by atoms with van der Waals surface area (Å²) >= 11 is 0. The third-order valence-corrected chi connectivity index (χ3v) is 4.61. The van der Waals surface area contributed by atoms with Crippen molar-refractivity contribution >= 4 is 22.7 Å². The molecule has 0 spiro atoms. The highest BCUT2D eigenvalue weighted by Gasteiger charge is 2.38. The van der Waals surface area contributed by atoms with Gasteiger partial charge in [0.1, 0.15) is 17.2 Å². The molecule has 0 saturated carbocycles. The van der Waals surface area contributed by atoms with Gasteiger partial charge < -0.3 is 16.2 Å². The highest BCUT2D eigenvalue weighted by atomic mass is 19.4. The van der Waals surface area contributed by atoms with Gasteiger partial charge in [-0.05, 0) is 26.0 Å². The number of aliphatic hydroxyl groups excluding tert-OH is 1. The number of nitrogens with one attached hydrogen (secondary N) is 1. The Bertz CT molecular complexity index is 1240. The van der Waals surface area contributed by atoms with Crippen molar-refractivity contribution in [3.8, 4) is 11.1 Å². The van der Waals surface area contributed by atoms with E-state index in [0.717, 1.165) is 10.6 Å². The predicted molar refractivity (Wildman–Crippen MR) is 104 cm³/mol. The van der Waals surface area contributed by atoms with Gasteiger partial charge in [0.05, 0.1) is 5.56 Å². The van der Waals surface area contributed by atoms with E-state index in [-0.39, 0.29) is 17.0 Å². The summed E-state index contributed by atoms with van der Waals surface area (Å²) in [5.74, 6) is -5.10. The van der Waals surface area contributed by atoms with Gasteiger partial charge >= 0.3 is 6.18 Å². The Morgan fingerprint density at radius 3 is 2.41 bits per heavy atom. The normalized spacial score (nSPS) is 13.1. The molecule has 0 fully saturated rings. The average Bonchev–Trinajstić information content (AvgIpc) is 2.69. The van der Waals surface area contributed by atoms with Crippen LogP contribution in [0.5, 0.6) is 0 Å². The van der Waals surface area contributed by atoms with Crippen LogP contribution >= 0.6 is 0 Å². The fraction of sp³-hybridized carbons (Fsp3) is 0.316. The van der Waals surface area contributed by atoms with Crippen LogP contribution in [0.1, 0.15) is 19.9 Å². The quantitative estimate of drug-likeness (QED) is 0.398. The van der Waals surface area contributed by atoms with Crippen LogP contribution < -0.4 is 16.6 Å². The van der Waals surface area contributed by atoms with Crippen molar-refractivity contribution in [3.63, 3.8) is 0 Å². The number of pyridine rings is 1. The van der Waals surface area contributed by atoms with Crippen LogP contribution in [0.4, 0.5) is 38.0 Å². The molecule has 0 radical (unpaired) electrons. The molecule has 0 bridgehead atoms. The van der Waals surface area contributed by atoms with Gasteiger partial charge in [-0.1, -0.05) is 0 Å². The molecule has 3 aromatic rings. The third-order valence-electron chi connectivity index (χ3n) is 4.61. The van der Waals surface area contributed by atoms with E-state index in [2.05, 4.69) is 9.97 Å². The maximum Gasteiger partial charge on any atom is 0.416 e. The molecule has 4 N–H and O–H groups in total. The summed E-state index contributed by atoms with van der Waals surface area (Å²) in [6.45, 7) is 1.93. The number of benzene rings is 1.